The Morgan fingerprint density at radius 1 is 1.19 bits per heavy atom. The van der Waals surface area contributed by atoms with Gasteiger partial charge in [-0.2, -0.15) is 5.26 Å². The van der Waals surface area contributed by atoms with Crippen molar-refractivity contribution in [2.24, 2.45) is 0 Å². The predicted octanol–water partition coefficient (Wildman–Crippen LogP) is 5.72. The van der Waals surface area contributed by atoms with Crippen molar-refractivity contribution in [1.29, 1.82) is 5.26 Å². The molecule has 1 aromatic heterocycles. The number of nitrogens with zero attached hydrogens (tertiary/aromatic N) is 2. The van der Waals surface area contributed by atoms with E-state index < -0.39 is 0 Å². The van der Waals surface area contributed by atoms with Crippen LogP contribution in [0.2, 0.25) is 0 Å². The van der Waals surface area contributed by atoms with Crippen LogP contribution in [0.4, 0.5) is 5.69 Å². The van der Waals surface area contributed by atoms with E-state index in [9.17, 15) is 5.26 Å². The summed E-state index contributed by atoms with van der Waals surface area (Å²) in [5.74, 6) is 0.782. The molecular formula is C22H21N3OS. The first kappa shape index (κ1) is 18.7. The number of benzene rings is 2. The van der Waals surface area contributed by atoms with Gasteiger partial charge in [0.25, 0.3) is 0 Å². The lowest BCUT2D eigenvalue weighted by Crippen LogP contribution is -1.97. The molecule has 0 atom stereocenters. The van der Waals surface area contributed by atoms with Crippen LogP contribution in [0.5, 0.6) is 5.75 Å². The molecule has 0 amide bonds. The molecule has 0 spiro atoms. The Morgan fingerprint density at radius 3 is 2.59 bits per heavy atom. The Hall–Kier alpha value is -3.10. The monoisotopic (exact) mass is 375 g/mol. The third-order valence-electron chi connectivity index (χ3n) is 4.26. The van der Waals surface area contributed by atoms with Crippen LogP contribution in [0.25, 0.3) is 16.8 Å². The average molecular weight is 375 g/mol. The molecule has 0 aliphatic heterocycles. The second kappa shape index (κ2) is 8.07. The van der Waals surface area contributed by atoms with Gasteiger partial charge < -0.3 is 10.1 Å². The van der Waals surface area contributed by atoms with E-state index in [1.807, 2.05) is 29.6 Å². The first-order chi connectivity index (χ1) is 13.0. The van der Waals surface area contributed by atoms with E-state index in [0.717, 1.165) is 33.8 Å². The van der Waals surface area contributed by atoms with Gasteiger partial charge in [-0.05, 0) is 44.0 Å². The van der Waals surface area contributed by atoms with Crippen LogP contribution in [0.3, 0.4) is 0 Å². The summed E-state index contributed by atoms with van der Waals surface area (Å²) in [6.07, 6.45) is 1.73. The third-order valence-corrected chi connectivity index (χ3v) is 5.13. The molecule has 3 aromatic rings. The predicted molar refractivity (Wildman–Crippen MR) is 112 cm³/mol. The molecule has 5 heteroatoms. The van der Waals surface area contributed by atoms with Crippen molar-refractivity contribution in [1.82, 2.24) is 4.98 Å². The van der Waals surface area contributed by atoms with Crippen molar-refractivity contribution in [2.75, 3.05) is 12.4 Å². The standard InChI is InChI=1S/C22H21N3OS/c1-14-8-15(2)21(16(3)9-14)24-12-18(11-23)22-25-20(13-27-22)17-6-5-7-19(10-17)26-4/h5-10,12-13,24H,1-4H3/b18-12+. The van der Waals surface area contributed by atoms with Crippen LogP contribution in [-0.2, 0) is 0 Å². The summed E-state index contributed by atoms with van der Waals surface area (Å²) in [5, 5.41) is 15.5. The number of allylic oxidation sites excluding steroid dienone is 1. The Labute approximate surface area is 163 Å². The van der Waals surface area contributed by atoms with Crippen molar-refractivity contribution in [2.45, 2.75) is 20.8 Å². The summed E-state index contributed by atoms with van der Waals surface area (Å²) in [4.78, 5) is 4.63. The summed E-state index contributed by atoms with van der Waals surface area (Å²) in [7, 11) is 1.64. The number of ether oxygens (including phenoxy) is 1. The number of aryl methyl sites for hydroxylation is 3. The normalized spacial score (nSPS) is 11.1. The van der Waals surface area contributed by atoms with Crippen molar-refractivity contribution < 1.29 is 4.74 Å². The maximum absolute atomic E-state index is 9.59. The van der Waals surface area contributed by atoms with Gasteiger partial charge >= 0.3 is 0 Å². The number of rotatable bonds is 5. The molecule has 0 radical (unpaired) electrons. The van der Waals surface area contributed by atoms with E-state index in [1.54, 1.807) is 13.3 Å². The largest absolute Gasteiger partial charge is 0.497 e. The van der Waals surface area contributed by atoms with E-state index in [4.69, 9.17) is 4.74 Å². The molecule has 0 unspecified atom stereocenters. The highest BCUT2D eigenvalue weighted by atomic mass is 32.1. The fourth-order valence-corrected chi connectivity index (χ4v) is 3.80. The lowest BCUT2D eigenvalue weighted by atomic mass is 10.1. The molecular weight excluding hydrogens is 354 g/mol. The molecule has 4 nitrogen and oxygen atoms in total. The summed E-state index contributed by atoms with van der Waals surface area (Å²) < 4.78 is 5.27. The number of methoxy groups -OCH3 is 1. The molecule has 3 rings (SSSR count). The van der Waals surface area contributed by atoms with Gasteiger partial charge in [0, 0.05) is 22.8 Å². The van der Waals surface area contributed by atoms with Gasteiger partial charge in [-0.25, -0.2) is 4.98 Å². The van der Waals surface area contributed by atoms with E-state index >= 15 is 0 Å². The fourth-order valence-electron chi connectivity index (χ4n) is 3.01. The number of hydrogen-bond acceptors (Lipinski definition) is 5. The molecule has 27 heavy (non-hydrogen) atoms. The van der Waals surface area contributed by atoms with Crippen molar-refractivity contribution >= 4 is 22.6 Å². The SMILES string of the molecule is COc1cccc(-c2csc(/C(C#N)=C/Nc3c(C)cc(C)cc3C)n2)c1. The van der Waals surface area contributed by atoms with E-state index in [-0.39, 0.29) is 0 Å². The molecule has 1 heterocycles. The smallest absolute Gasteiger partial charge is 0.136 e. The highest BCUT2D eigenvalue weighted by molar-refractivity contribution is 7.11. The van der Waals surface area contributed by atoms with Gasteiger partial charge in [-0.1, -0.05) is 29.8 Å². The van der Waals surface area contributed by atoms with Gasteiger partial charge in [0.05, 0.1) is 12.8 Å². The van der Waals surface area contributed by atoms with Crippen LogP contribution in [-0.4, -0.2) is 12.1 Å². The number of nitriles is 1. The highest BCUT2D eigenvalue weighted by Gasteiger charge is 2.10. The summed E-state index contributed by atoms with van der Waals surface area (Å²) in [6, 6.07) is 14.2. The van der Waals surface area contributed by atoms with Crippen molar-refractivity contribution in [3.05, 3.63) is 69.7 Å². The molecule has 0 saturated heterocycles. The molecule has 0 saturated carbocycles. The lowest BCUT2D eigenvalue weighted by molar-refractivity contribution is 0.415. The van der Waals surface area contributed by atoms with E-state index in [2.05, 4.69) is 49.3 Å². The minimum Gasteiger partial charge on any atom is -0.497 e. The average Bonchev–Trinajstić information content (AvgIpc) is 3.14. The summed E-state index contributed by atoms with van der Waals surface area (Å²) >= 11 is 1.45. The number of aromatic nitrogens is 1. The van der Waals surface area contributed by atoms with Gasteiger partial charge in [0.15, 0.2) is 0 Å². The van der Waals surface area contributed by atoms with Crippen LogP contribution in [0.1, 0.15) is 21.7 Å². The zero-order valence-electron chi connectivity index (χ0n) is 15.8. The Kier molecular flexibility index (Phi) is 5.58. The number of thiazole rings is 1. The van der Waals surface area contributed by atoms with Crippen LogP contribution in [0, 0.1) is 32.1 Å². The zero-order valence-corrected chi connectivity index (χ0v) is 16.6. The Morgan fingerprint density at radius 2 is 1.93 bits per heavy atom. The molecule has 2 aromatic carbocycles. The van der Waals surface area contributed by atoms with Crippen LogP contribution < -0.4 is 10.1 Å². The molecule has 0 aliphatic carbocycles. The van der Waals surface area contributed by atoms with Gasteiger partial charge in [0.1, 0.15) is 22.4 Å². The number of nitrogens with one attached hydrogen (secondary N) is 1. The third kappa shape index (κ3) is 4.18. The van der Waals surface area contributed by atoms with Gasteiger partial charge in [-0.15, -0.1) is 11.3 Å². The highest BCUT2D eigenvalue weighted by Crippen LogP contribution is 2.29. The van der Waals surface area contributed by atoms with Crippen LogP contribution >= 0.6 is 11.3 Å². The van der Waals surface area contributed by atoms with Gasteiger partial charge in [0.2, 0.25) is 0 Å². The first-order valence-corrected chi connectivity index (χ1v) is 9.44. The fraction of sp³-hybridized carbons (Fsp3) is 0.182. The van der Waals surface area contributed by atoms with Crippen molar-refractivity contribution in [3.8, 4) is 23.1 Å². The van der Waals surface area contributed by atoms with Crippen molar-refractivity contribution in [3.63, 3.8) is 0 Å². The van der Waals surface area contributed by atoms with Crippen LogP contribution in [0.15, 0.2) is 48.0 Å². The minimum atomic E-state index is 0.508. The number of anilines is 1. The zero-order chi connectivity index (χ0) is 19.4. The maximum atomic E-state index is 9.59. The van der Waals surface area contributed by atoms with Gasteiger partial charge in [-0.3, -0.25) is 0 Å². The molecule has 1 N–H and O–H groups in total. The minimum absolute atomic E-state index is 0.508. The summed E-state index contributed by atoms with van der Waals surface area (Å²) in [6.45, 7) is 6.20. The second-order valence-electron chi connectivity index (χ2n) is 6.36. The topological polar surface area (TPSA) is 57.9 Å². The lowest BCUT2D eigenvalue weighted by Gasteiger charge is -2.11. The Balaban J connectivity index is 1.88. The van der Waals surface area contributed by atoms with E-state index in [1.165, 1.54) is 16.9 Å². The molecule has 0 bridgehead atoms. The first-order valence-electron chi connectivity index (χ1n) is 8.57. The van der Waals surface area contributed by atoms with E-state index in [0.29, 0.717) is 10.6 Å². The maximum Gasteiger partial charge on any atom is 0.136 e. The Bertz CT molecular complexity index is 1020. The molecule has 0 aliphatic rings. The summed E-state index contributed by atoms with van der Waals surface area (Å²) in [5.41, 5.74) is 6.86. The molecule has 136 valence electrons. The molecule has 0 fully saturated rings. The second-order valence-corrected chi connectivity index (χ2v) is 7.22. The quantitative estimate of drug-likeness (QED) is 0.579. The number of hydrogen-bond donors (Lipinski definition) is 1.